The molecule has 0 radical (unpaired) electrons. The van der Waals surface area contributed by atoms with Crippen LogP contribution >= 0.6 is 0 Å². The molecule has 4 heteroatoms. The molecule has 2 rings (SSSR count). The average molecular weight is 195 g/mol. The zero-order chi connectivity index (χ0) is 10.3. The minimum absolute atomic E-state index is 0.374. The molecule has 0 fully saturated rings. The average Bonchev–Trinajstić information content (AvgIpc) is 2.42. The van der Waals surface area contributed by atoms with E-state index >= 15 is 0 Å². The molecule has 14 heavy (non-hydrogen) atoms. The molecule has 0 aliphatic heterocycles. The van der Waals surface area contributed by atoms with Crippen LogP contribution in [0.3, 0.4) is 0 Å². The van der Waals surface area contributed by atoms with Crippen LogP contribution in [-0.2, 0) is 13.5 Å². The van der Waals surface area contributed by atoms with E-state index in [1.54, 1.807) is 0 Å². The summed E-state index contributed by atoms with van der Waals surface area (Å²) in [5.41, 5.74) is 8.76. The summed E-state index contributed by atoms with van der Waals surface area (Å²) in [5.74, 6) is 0.396. The van der Waals surface area contributed by atoms with E-state index in [9.17, 15) is 5.11 Å². The molecule has 1 aliphatic carbocycles. The lowest BCUT2D eigenvalue weighted by molar-refractivity contribution is 0.132. The van der Waals surface area contributed by atoms with Crippen LogP contribution in [0.1, 0.15) is 29.5 Å². The predicted molar refractivity (Wildman–Crippen MR) is 53.8 cm³/mol. The Morgan fingerprint density at radius 3 is 3.00 bits per heavy atom. The summed E-state index contributed by atoms with van der Waals surface area (Å²) < 4.78 is 1.87. The van der Waals surface area contributed by atoms with Crippen molar-refractivity contribution in [3.05, 3.63) is 17.0 Å². The lowest BCUT2D eigenvalue weighted by Gasteiger charge is -2.25. The van der Waals surface area contributed by atoms with Gasteiger partial charge >= 0.3 is 0 Å². The van der Waals surface area contributed by atoms with Crippen LogP contribution in [-0.4, -0.2) is 21.4 Å². The minimum Gasteiger partial charge on any atom is -0.388 e. The third kappa shape index (κ3) is 1.35. The minimum atomic E-state index is -0.374. The fraction of sp³-hybridized carbons (Fsp3) is 0.700. The number of rotatable bonds is 1. The number of aliphatic hydroxyl groups excluding tert-OH is 1. The molecular weight excluding hydrogens is 178 g/mol. The van der Waals surface area contributed by atoms with Gasteiger partial charge in [-0.25, -0.2) is 0 Å². The SMILES string of the molecule is Cc1nn(C)c2c1C(O)CC(CN)C2. The van der Waals surface area contributed by atoms with E-state index in [0.29, 0.717) is 12.5 Å². The van der Waals surface area contributed by atoms with Gasteiger partial charge in [-0.2, -0.15) is 5.10 Å². The number of fused-ring (bicyclic) bond motifs is 1. The number of hydrogen-bond donors (Lipinski definition) is 2. The maximum Gasteiger partial charge on any atom is 0.0829 e. The number of nitrogens with two attached hydrogens (primary N) is 1. The molecule has 0 spiro atoms. The summed E-state index contributed by atoms with van der Waals surface area (Å²) in [6.07, 6.45) is 1.34. The number of aromatic nitrogens is 2. The second-order valence-electron chi connectivity index (χ2n) is 4.13. The third-order valence-electron chi connectivity index (χ3n) is 3.10. The molecular formula is C10H17N3O. The summed E-state index contributed by atoms with van der Waals surface area (Å²) in [7, 11) is 1.93. The highest BCUT2D eigenvalue weighted by Crippen LogP contribution is 2.34. The maximum absolute atomic E-state index is 9.95. The van der Waals surface area contributed by atoms with Crippen LogP contribution in [0.15, 0.2) is 0 Å². The number of aliphatic hydroxyl groups is 1. The van der Waals surface area contributed by atoms with Gasteiger partial charge in [0.2, 0.25) is 0 Å². The molecule has 3 N–H and O–H groups in total. The van der Waals surface area contributed by atoms with Crippen molar-refractivity contribution in [2.24, 2.45) is 18.7 Å². The normalized spacial score (nSPS) is 26.3. The molecule has 1 aliphatic rings. The summed E-state index contributed by atoms with van der Waals surface area (Å²) >= 11 is 0. The molecule has 0 saturated carbocycles. The van der Waals surface area contributed by atoms with Gasteiger partial charge < -0.3 is 10.8 Å². The van der Waals surface area contributed by atoms with Crippen LogP contribution < -0.4 is 5.73 Å². The van der Waals surface area contributed by atoms with E-state index < -0.39 is 0 Å². The number of aryl methyl sites for hydroxylation is 2. The van der Waals surface area contributed by atoms with Crippen molar-refractivity contribution in [2.75, 3.05) is 6.54 Å². The van der Waals surface area contributed by atoms with Crippen molar-refractivity contribution >= 4 is 0 Å². The first kappa shape index (κ1) is 9.68. The van der Waals surface area contributed by atoms with Gasteiger partial charge in [0, 0.05) is 18.3 Å². The van der Waals surface area contributed by atoms with E-state index in [-0.39, 0.29) is 6.10 Å². The van der Waals surface area contributed by atoms with Crippen molar-refractivity contribution in [1.29, 1.82) is 0 Å². The quantitative estimate of drug-likeness (QED) is 0.676. The van der Waals surface area contributed by atoms with Crippen LogP contribution in [0.4, 0.5) is 0 Å². The summed E-state index contributed by atoms with van der Waals surface area (Å²) in [4.78, 5) is 0. The van der Waals surface area contributed by atoms with Crippen molar-refractivity contribution in [1.82, 2.24) is 9.78 Å². The molecule has 2 unspecified atom stereocenters. The van der Waals surface area contributed by atoms with Gasteiger partial charge in [-0.05, 0) is 32.2 Å². The molecule has 2 atom stereocenters. The molecule has 0 aromatic carbocycles. The Labute approximate surface area is 83.7 Å². The maximum atomic E-state index is 9.95. The van der Waals surface area contributed by atoms with E-state index in [4.69, 9.17) is 5.73 Å². The van der Waals surface area contributed by atoms with Gasteiger partial charge in [0.1, 0.15) is 0 Å². The summed E-state index contributed by atoms with van der Waals surface area (Å²) in [6, 6.07) is 0. The highest BCUT2D eigenvalue weighted by molar-refractivity contribution is 5.30. The Kier molecular flexibility index (Phi) is 2.33. The largest absolute Gasteiger partial charge is 0.388 e. The molecule has 0 amide bonds. The smallest absolute Gasteiger partial charge is 0.0829 e. The van der Waals surface area contributed by atoms with Gasteiger partial charge in [0.05, 0.1) is 11.8 Å². The Morgan fingerprint density at radius 2 is 2.36 bits per heavy atom. The van der Waals surface area contributed by atoms with Crippen LogP contribution in [0.25, 0.3) is 0 Å². The lowest BCUT2D eigenvalue weighted by atomic mass is 9.85. The molecule has 0 saturated heterocycles. The Balaban J connectivity index is 2.42. The molecule has 78 valence electrons. The van der Waals surface area contributed by atoms with Crippen LogP contribution in [0.5, 0.6) is 0 Å². The van der Waals surface area contributed by atoms with Crippen molar-refractivity contribution in [3.63, 3.8) is 0 Å². The van der Waals surface area contributed by atoms with Crippen molar-refractivity contribution in [3.8, 4) is 0 Å². The molecule has 0 bridgehead atoms. The summed E-state index contributed by atoms with van der Waals surface area (Å²) in [5, 5.41) is 14.3. The van der Waals surface area contributed by atoms with Gasteiger partial charge in [-0.3, -0.25) is 4.68 Å². The Bertz CT molecular complexity index is 345. The summed E-state index contributed by atoms with van der Waals surface area (Å²) in [6.45, 7) is 2.59. The van der Waals surface area contributed by atoms with Crippen molar-refractivity contribution < 1.29 is 5.11 Å². The number of hydrogen-bond acceptors (Lipinski definition) is 3. The number of nitrogens with zero attached hydrogens (tertiary/aromatic N) is 2. The van der Waals surface area contributed by atoms with Crippen LogP contribution in [0, 0.1) is 12.8 Å². The first-order valence-corrected chi connectivity index (χ1v) is 5.04. The second-order valence-corrected chi connectivity index (χ2v) is 4.13. The molecule has 1 aromatic heterocycles. The predicted octanol–water partition coefficient (Wildman–Crippen LogP) is 0.283. The standard InChI is InChI=1S/C10H17N3O/c1-6-10-8(13(2)12-6)3-7(5-11)4-9(10)14/h7,9,14H,3-5,11H2,1-2H3. The zero-order valence-electron chi connectivity index (χ0n) is 8.70. The first-order chi connectivity index (χ1) is 6.63. The monoisotopic (exact) mass is 195 g/mol. The highest BCUT2D eigenvalue weighted by atomic mass is 16.3. The lowest BCUT2D eigenvalue weighted by Crippen LogP contribution is -2.25. The first-order valence-electron chi connectivity index (χ1n) is 5.04. The fourth-order valence-corrected chi connectivity index (χ4v) is 2.37. The van der Waals surface area contributed by atoms with Gasteiger partial charge in [0.15, 0.2) is 0 Å². The van der Waals surface area contributed by atoms with Gasteiger partial charge in [-0.1, -0.05) is 0 Å². The molecule has 1 heterocycles. The molecule has 1 aromatic rings. The van der Waals surface area contributed by atoms with E-state index in [1.807, 2.05) is 18.7 Å². The topological polar surface area (TPSA) is 64.1 Å². The van der Waals surface area contributed by atoms with E-state index in [2.05, 4.69) is 5.10 Å². The Morgan fingerprint density at radius 1 is 1.64 bits per heavy atom. The van der Waals surface area contributed by atoms with E-state index in [1.165, 1.54) is 0 Å². The zero-order valence-corrected chi connectivity index (χ0v) is 8.70. The van der Waals surface area contributed by atoms with Gasteiger partial charge in [-0.15, -0.1) is 0 Å². The van der Waals surface area contributed by atoms with E-state index in [0.717, 1.165) is 29.8 Å². The van der Waals surface area contributed by atoms with Crippen molar-refractivity contribution in [2.45, 2.75) is 25.9 Å². The Hall–Kier alpha value is -0.870. The van der Waals surface area contributed by atoms with Crippen LogP contribution in [0.2, 0.25) is 0 Å². The highest BCUT2D eigenvalue weighted by Gasteiger charge is 2.29. The third-order valence-corrected chi connectivity index (χ3v) is 3.10. The second kappa shape index (κ2) is 3.37. The van der Waals surface area contributed by atoms with Gasteiger partial charge in [0.25, 0.3) is 0 Å². The fourth-order valence-electron chi connectivity index (χ4n) is 2.37. The molecule has 4 nitrogen and oxygen atoms in total.